The summed E-state index contributed by atoms with van der Waals surface area (Å²) in [5.41, 5.74) is 0.611. The van der Waals surface area contributed by atoms with Crippen molar-refractivity contribution in [2.75, 3.05) is 13.7 Å². The molecule has 2 heterocycles. The molecule has 1 aromatic carbocycles. The van der Waals surface area contributed by atoms with Gasteiger partial charge in [0.25, 0.3) is 5.91 Å². The Morgan fingerprint density at radius 2 is 1.70 bits per heavy atom. The number of carbonyl (C=O) groups is 3. The number of methoxy groups -OCH3 is 1. The van der Waals surface area contributed by atoms with Crippen molar-refractivity contribution in [3.63, 3.8) is 0 Å². The van der Waals surface area contributed by atoms with E-state index in [1.165, 1.54) is 0 Å². The lowest BCUT2D eigenvalue weighted by Gasteiger charge is -2.31. The molecule has 0 radical (unpaired) electrons. The summed E-state index contributed by atoms with van der Waals surface area (Å²) >= 11 is 1.57. The van der Waals surface area contributed by atoms with Crippen LogP contribution in [0.15, 0.2) is 41.8 Å². The van der Waals surface area contributed by atoms with Gasteiger partial charge in [0.1, 0.15) is 11.8 Å². The van der Waals surface area contributed by atoms with E-state index in [9.17, 15) is 14.4 Å². The fourth-order valence-electron chi connectivity index (χ4n) is 4.69. The number of ether oxygens (including phenoxy) is 1. The molecule has 176 valence electrons. The van der Waals surface area contributed by atoms with E-state index in [-0.39, 0.29) is 35.8 Å². The first-order chi connectivity index (χ1) is 16.0. The minimum absolute atomic E-state index is 0.0278. The number of nitrogens with zero attached hydrogens (tertiary/aromatic N) is 1. The summed E-state index contributed by atoms with van der Waals surface area (Å²) in [6, 6.07) is 10.8. The Kier molecular flexibility index (Phi) is 7.65. The van der Waals surface area contributed by atoms with Gasteiger partial charge in [-0.15, -0.1) is 11.3 Å². The number of nitrogens with one attached hydrogen (secondary N) is 2. The standard InChI is InChI=1S/C25H31N3O4S/c1-32-20-12-6-17(7-13-20)24(30)26-18-8-10-19(11-9-18)27-25(31)22-5-2-14-28(22)23(29)16-21-4-3-15-33-21/h3-4,6-7,12-13,15,18-19,22H,2,5,8-11,14,16H2,1H3,(H,26,30)(H,27,31)/t18?,19?,22-/m1/s1. The first-order valence-electron chi connectivity index (χ1n) is 11.6. The minimum atomic E-state index is -0.370. The van der Waals surface area contributed by atoms with E-state index in [0.717, 1.165) is 49.2 Å². The molecule has 8 heteroatoms. The van der Waals surface area contributed by atoms with E-state index in [0.29, 0.717) is 18.5 Å². The molecule has 1 saturated heterocycles. The van der Waals surface area contributed by atoms with E-state index in [1.54, 1.807) is 47.6 Å². The number of amides is 3. The third kappa shape index (κ3) is 5.93. The molecule has 4 rings (SSSR count). The molecular formula is C25H31N3O4S. The molecule has 1 saturated carbocycles. The van der Waals surface area contributed by atoms with Gasteiger partial charge in [-0.25, -0.2) is 0 Å². The minimum Gasteiger partial charge on any atom is -0.497 e. The van der Waals surface area contributed by atoms with Crippen LogP contribution in [0.5, 0.6) is 5.75 Å². The maximum absolute atomic E-state index is 12.9. The van der Waals surface area contributed by atoms with Crippen LogP contribution >= 0.6 is 11.3 Å². The second-order valence-electron chi connectivity index (χ2n) is 8.76. The molecule has 2 N–H and O–H groups in total. The molecular weight excluding hydrogens is 438 g/mol. The second-order valence-corrected chi connectivity index (χ2v) is 9.79. The van der Waals surface area contributed by atoms with Crippen LogP contribution in [0, 0.1) is 0 Å². The maximum Gasteiger partial charge on any atom is 0.251 e. The molecule has 1 aliphatic carbocycles. The third-order valence-electron chi connectivity index (χ3n) is 6.54. The third-order valence-corrected chi connectivity index (χ3v) is 7.42. The zero-order chi connectivity index (χ0) is 23.2. The molecule has 1 aliphatic heterocycles. The van der Waals surface area contributed by atoms with Crippen LogP contribution in [-0.4, -0.2) is 54.4 Å². The molecule has 7 nitrogen and oxygen atoms in total. The van der Waals surface area contributed by atoms with Crippen molar-refractivity contribution < 1.29 is 19.1 Å². The average Bonchev–Trinajstić information content (AvgIpc) is 3.52. The highest BCUT2D eigenvalue weighted by Gasteiger charge is 2.35. The summed E-state index contributed by atoms with van der Waals surface area (Å²) < 4.78 is 5.13. The number of benzene rings is 1. The van der Waals surface area contributed by atoms with Crippen molar-refractivity contribution in [2.45, 2.75) is 63.1 Å². The Balaban J connectivity index is 1.23. The van der Waals surface area contributed by atoms with Crippen molar-refractivity contribution in [1.29, 1.82) is 0 Å². The van der Waals surface area contributed by atoms with Crippen molar-refractivity contribution in [2.24, 2.45) is 0 Å². The molecule has 33 heavy (non-hydrogen) atoms. The monoisotopic (exact) mass is 469 g/mol. The highest BCUT2D eigenvalue weighted by Crippen LogP contribution is 2.23. The van der Waals surface area contributed by atoms with E-state index >= 15 is 0 Å². The van der Waals surface area contributed by atoms with Crippen LogP contribution in [0.3, 0.4) is 0 Å². The number of rotatable bonds is 7. The van der Waals surface area contributed by atoms with E-state index < -0.39 is 0 Å². The number of hydrogen-bond donors (Lipinski definition) is 2. The Morgan fingerprint density at radius 3 is 2.33 bits per heavy atom. The predicted octanol–water partition coefficient (Wildman–Crippen LogP) is 3.15. The summed E-state index contributed by atoms with van der Waals surface area (Å²) in [7, 11) is 1.60. The molecule has 2 aromatic rings. The van der Waals surface area contributed by atoms with Gasteiger partial charge in [0.15, 0.2) is 0 Å². The fourth-order valence-corrected chi connectivity index (χ4v) is 5.39. The smallest absolute Gasteiger partial charge is 0.251 e. The van der Waals surface area contributed by atoms with Gasteiger partial charge in [-0.05, 0) is 74.2 Å². The van der Waals surface area contributed by atoms with E-state index in [4.69, 9.17) is 4.74 Å². The van der Waals surface area contributed by atoms with Gasteiger partial charge >= 0.3 is 0 Å². The van der Waals surface area contributed by atoms with Crippen LogP contribution in [0.4, 0.5) is 0 Å². The van der Waals surface area contributed by atoms with E-state index in [1.807, 2.05) is 17.5 Å². The van der Waals surface area contributed by atoms with Gasteiger partial charge in [0, 0.05) is 29.1 Å². The normalized spacial score (nSPS) is 22.6. The molecule has 3 amide bonds. The first kappa shape index (κ1) is 23.3. The largest absolute Gasteiger partial charge is 0.497 e. The maximum atomic E-state index is 12.9. The lowest BCUT2D eigenvalue weighted by molar-refractivity contribution is -0.138. The quantitative estimate of drug-likeness (QED) is 0.652. The van der Waals surface area contributed by atoms with Gasteiger partial charge in [0.05, 0.1) is 13.5 Å². The predicted molar refractivity (Wildman–Crippen MR) is 127 cm³/mol. The summed E-state index contributed by atoms with van der Waals surface area (Å²) in [5.74, 6) is 0.616. The molecule has 0 spiro atoms. The van der Waals surface area contributed by atoms with Gasteiger partial charge in [0.2, 0.25) is 11.8 Å². The van der Waals surface area contributed by atoms with Gasteiger partial charge in [-0.3, -0.25) is 14.4 Å². The SMILES string of the molecule is COc1ccc(C(=O)NC2CCC(NC(=O)[C@H]3CCCN3C(=O)Cc3cccs3)CC2)cc1. The summed E-state index contributed by atoms with van der Waals surface area (Å²) in [6.45, 7) is 0.645. The Hall–Kier alpha value is -2.87. The van der Waals surface area contributed by atoms with Gasteiger partial charge in [-0.1, -0.05) is 6.07 Å². The fraction of sp³-hybridized carbons (Fsp3) is 0.480. The number of hydrogen-bond acceptors (Lipinski definition) is 5. The summed E-state index contributed by atoms with van der Waals surface area (Å²) in [4.78, 5) is 40.9. The highest BCUT2D eigenvalue weighted by molar-refractivity contribution is 7.10. The number of thiophene rings is 1. The molecule has 1 aromatic heterocycles. The highest BCUT2D eigenvalue weighted by atomic mass is 32.1. The van der Waals surface area contributed by atoms with Crippen LogP contribution in [-0.2, 0) is 16.0 Å². The molecule has 0 unspecified atom stereocenters. The van der Waals surface area contributed by atoms with Gasteiger partial charge in [-0.2, -0.15) is 0 Å². The zero-order valence-electron chi connectivity index (χ0n) is 18.9. The molecule has 2 aliphatic rings. The van der Waals surface area contributed by atoms with E-state index in [2.05, 4.69) is 10.6 Å². The summed E-state index contributed by atoms with van der Waals surface area (Å²) in [5, 5.41) is 8.23. The number of likely N-dealkylation sites (tertiary alicyclic amines) is 1. The Morgan fingerprint density at radius 1 is 1.00 bits per heavy atom. The first-order valence-corrected chi connectivity index (χ1v) is 12.5. The lowest BCUT2D eigenvalue weighted by atomic mass is 9.90. The number of carbonyl (C=O) groups excluding carboxylic acids is 3. The Bertz CT molecular complexity index is 953. The molecule has 0 bridgehead atoms. The average molecular weight is 470 g/mol. The second kappa shape index (κ2) is 10.8. The van der Waals surface area contributed by atoms with Crippen LogP contribution in [0.1, 0.15) is 53.8 Å². The zero-order valence-corrected chi connectivity index (χ0v) is 19.7. The van der Waals surface area contributed by atoms with Crippen LogP contribution < -0.4 is 15.4 Å². The van der Waals surface area contributed by atoms with Gasteiger partial charge < -0.3 is 20.3 Å². The Labute approximate surface area is 198 Å². The van der Waals surface area contributed by atoms with Crippen LogP contribution in [0.25, 0.3) is 0 Å². The van der Waals surface area contributed by atoms with Crippen LogP contribution in [0.2, 0.25) is 0 Å². The van der Waals surface area contributed by atoms with Crippen molar-refractivity contribution in [3.8, 4) is 5.75 Å². The van der Waals surface area contributed by atoms with Crippen molar-refractivity contribution >= 4 is 29.1 Å². The molecule has 1 atom stereocenters. The molecule has 2 fully saturated rings. The lowest BCUT2D eigenvalue weighted by Crippen LogP contribution is -2.50. The van der Waals surface area contributed by atoms with Crippen molar-refractivity contribution in [3.05, 3.63) is 52.2 Å². The summed E-state index contributed by atoms with van der Waals surface area (Å²) in [6.07, 6.45) is 5.20. The van der Waals surface area contributed by atoms with Crippen molar-refractivity contribution in [1.82, 2.24) is 15.5 Å². The topological polar surface area (TPSA) is 87.7 Å².